The molecule has 3 nitrogen and oxygen atoms in total. The van der Waals surface area contributed by atoms with E-state index in [1.54, 1.807) is 0 Å². The van der Waals surface area contributed by atoms with Crippen LogP contribution < -0.4 is 0 Å². The van der Waals surface area contributed by atoms with Crippen molar-refractivity contribution in [1.82, 2.24) is 0 Å². The molecule has 0 unspecified atom stereocenters. The van der Waals surface area contributed by atoms with Crippen LogP contribution in [0.25, 0.3) is 0 Å². The van der Waals surface area contributed by atoms with Gasteiger partial charge < -0.3 is 9.79 Å². The van der Waals surface area contributed by atoms with Gasteiger partial charge >= 0.3 is 8.25 Å². The largest absolute Gasteiger partial charge is 0.326 e. The first-order valence-corrected chi connectivity index (χ1v) is 11.4. The van der Waals surface area contributed by atoms with Crippen LogP contribution in [0.15, 0.2) is 11.6 Å². The van der Waals surface area contributed by atoms with E-state index < -0.39 is 8.25 Å². The third-order valence-electron chi connectivity index (χ3n) is 4.11. The summed E-state index contributed by atoms with van der Waals surface area (Å²) in [7, 11) is -3.13. The van der Waals surface area contributed by atoms with E-state index in [0.29, 0.717) is 0 Å². The Morgan fingerprint density at radius 3 is 1.29 bits per heavy atom. The van der Waals surface area contributed by atoms with Gasteiger partial charge in [0.1, 0.15) is 0 Å². The molecule has 0 aliphatic heterocycles. The molecule has 0 saturated carbocycles. The number of allylic oxidation sites excluding steroid dienone is 2. The van der Waals surface area contributed by atoms with Gasteiger partial charge in [-0.05, 0) is 26.7 Å². The maximum absolute atomic E-state index is 8.74. The van der Waals surface area contributed by atoms with Crippen molar-refractivity contribution in [3.8, 4) is 0 Å². The Kier molecular flexibility index (Phi) is 24.9. The van der Waals surface area contributed by atoms with Crippen LogP contribution in [0, 0.1) is 0 Å². The van der Waals surface area contributed by atoms with Gasteiger partial charge in [-0.1, -0.05) is 102 Å². The highest BCUT2D eigenvalue weighted by atomic mass is 31.1. The fraction of sp³-hybridized carbons (Fsp3) is 0.900. The van der Waals surface area contributed by atoms with Crippen molar-refractivity contribution in [2.45, 2.75) is 117 Å². The molecule has 0 spiro atoms. The molecule has 0 radical (unpaired) electrons. The zero-order chi connectivity index (χ0) is 18.5. The minimum Gasteiger partial charge on any atom is -0.326 e. The average molecular weight is 363 g/mol. The minimum atomic E-state index is -3.13. The molecule has 0 saturated heterocycles. The molecule has 0 aliphatic carbocycles. The van der Waals surface area contributed by atoms with E-state index in [1.165, 1.54) is 102 Å². The van der Waals surface area contributed by atoms with Crippen molar-refractivity contribution >= 4 is 8.25 Å². The molecule has 4 heteroatoms. The first-order chi connectivity index (χ1) is 11.5. The summed E-state index contributed by atoms with van der Waals surface area (Å²) >= 11 is 0. The molecule has 0 fully saturated rings. The quantitative estimate of drug-likeness (QED) is 0.184. The molecule has 0 aromatic heterocycles. The highest BCUT2D eigenvalue weighted by molar-refractivity contribution is 7.30. The fourth-order valence-electron chi connectivity index (χ4n) is 2.73. The molecule has 0 aromatic rings. The Morgan fingerprint density at radius 1 is 0.708 bits per heavy atom. The molecule has 146 valence electrons. The van der Waals surface area contributed by atoms with Crippen LogP contribution in [-0.2, 0) is 4.57 Å². The summed E-state index contributed by atoms with van der Waals surface area (Å²) in [6.07, 6.45) is 24.0. The molecular weight excluding hydrogens is 319 g/mol. The summed E-state index contributed by atoms with van der Waals surface area (Å²) in [5.41, 5.74) is 1.47. The van der Waals surface area contributed by atoms with E-state index in [0.717, 1.165) is 0 Å². The van der Waals surface area contributed by atoms with Crippen LogP contribution in [0.2, 0.25) is 0 Å². The third-order valence-corrected chi connectivity index (χ3v) is 4.11. The standard InChI is InChI=1S/C20H40.H3O3P/c1-4-5-6-7-8-9-10-11-12-13-14-15-16-17-18-19-20(2)3;1-4(2)3/h19H,4-18H2,1-3H3;4H,(H2,1,2,3). The molecule has 0 atom stereocenters. The molecule has 0 amide bonds. The summed E-state index contributed by atoms with van der Waals surface area (Å²) in [4.78, 5) is 14.3. The zero-order valence-electron chi connectivity index (χ0n) is 16.5. The maximum atomic E-state index is 8.74. The zero-order valence-corrected chi connectivity index (χ0v) is 17.5. The first-order valence-electron chi connectivity index (χ1n) is 10.1. The molecule has 24 heavy (non-hydrogen) atoms. The second kappa shape index (κ2) is 22.9. The topological polar surface area (TPSA) is 57.5 Å². The molecule has 2 N–H and O–H groups in total. The Morgan fingerprint density at radius 2 is 1.00 bits per heavy atom. The van der Waals surface area contributed by atoms with Gasteiger partial charge in [0.05, 0.1) is 0 Å². The van der Waals surface area contributed by atoms with Gasteiger partial charge in [-0.15, -0.1) is 0 Å². The second-order valence-electron chi connectivity index (χ2n) is 6.95. The minimum absolute atomic E-state index is 1.29. The van der Waals surface area contributed by atoms with Gasteiger partial charge in [-0.3, -0.25) is 4.57 Å². The number of hydrogen-bond acceptors (Lipinski definition) is 1. The normalized spacial score (nSPS) is 10.4. The summed E-state index contributed by atoms with van der Waals surface area (Å²) in [5.74, 6) is 0. The van der Waals surface area contributed by atoms with Gasteiger partial charge in [-0.25, -0.2) is 0 Å². The van der Waals surface area contributed by atoms with Crippen LogP contribution in [0.3, 0.4) is 0 Å². The van der Waals surface area contributed by atoms with Crippen molar-refractivity contribution in [2.75, 3.05) is 0 Å². The van der Waals surface area contributed by atoms with E-state index in [9.17, 15) is 0 Å². The van der Waals surface area contributed by atoms with E-state index >= 15 is 0 Å². The predicted molar refractivity (Wildman–Crippen MR) is 108 cm³/mol. The van der Waals surface area contributed by atoms with E-state index in [1.807, 2.05) is 0 Å². The lowest BCUT2D eigenvalue weighted by Crippen LogP contribution is -1.83. The van der Waals surface area contributed by atoms with Crippen LogP contribution in [-0.4, -0.2) is 9.79 Å². The second-order valence-corrected chi connectivity index (χ2v) is 7.51. The van der Waals surface area contributed by atoms with Crippen molar-refractivity contribution in [3.63, 3.8) is 0 Å². The Balaban J connectivity index is 0. The molecular formula is C20H43O3P. The van der Waals surface area contributed by atoms with Crippen LogP contribution in [0.4, 0.5) is 0 Å². The lowest BCUT2D eigenvalue weighted by Gasteiger charge is -2.03. The Labute approximate surface area is 151 Å². The molecule has 0 bridgehead atoms. The van der Waals surface area contributed by atoms with Crippen LogP contribution >= 0.6 is 8.25 Å². The van der Waals surface area contributed by atoms with E-state index in [4.69, 9.17) is 14.4 Å². The molecule has 0 aliphatic rings. The lowest BCUT2D eigenvalue weighted by atomic mass is 10.0. The molecule has 0 heterocycles. The predicted octanol–water partition coefficient (Wildman–Crippen LogP) is 7.18. The van der Waals surface area contributed by atoms with Crippen LogP contribution in [0.5, 0.6) is 0 Å². The van der Waals surface area contributed by atoms with Crippen molar-refractivity contribution in [3.05, 3.63) is 11.6 Å². The van der Waals surface area contributed by atoms with E-state index in [2.05, 4.69) is 26.8 Å². The van der Waals surface area contributed by atoms with E-state index in [-0.39, 0.29) is 0 Å². The van der Waals surface area contributed by atoms with Gasteiger partial charge in [0.25, 0.3) is 0 Å². The van der Waals surface area contributed by atoms with Gasteiger partial charge in [-0.2, -0.15) is 0 Å². The maximum Gasteiger partial charge on any atom is 0.314 e. The highest BCUT2D eigenvalue weighted by Gasteiger charge is 1.93. The number of hydrogen-bond donors (Lipinski definition) is 2. The van der Waals surface area contributed by atoms with Crippen molar-refractivity contribution in [1.29, 1.82) is 0 Å². The monoisotopic (exact) mass is 362 g/mol. The molecule has 0 rings (SSSR count). The van der Waals surface area contributed by atoms with Crippen LogP contribution in [0.1, 0.15) is 117 Å². The van der Waals surface area contributed by atoms with Gasteiger partial charge in [0, 0.05) is 0 Å². The lowest BCUT2D eigenvalue weighted by molar-refractivity contribution is 0.405. The van der Waals surface area contributed by atoms with Gasteiger partial charge in [0.2, 0.25) is 0 Å². The highest BCUT2D eigenvalue weighted by Crippen LogP contribution is 2.13. The Hall–Kier alpha value is -0.110. The fourth-order valence-corrected chi connectivity index (χ4v) is 2.73. The Bertz CT molecular complexity index is 283. The SMILES string of the molecule is CCCCCCCCCCCCCCCCC=C(C)C.O=[PH](O)O. The first kappa shape index (κ1) is 26.1. The number of unbranched alkanes of at least 4 members (excludes halogenated alkanes) is 14. The number of rotatable bonds is 15. The van der Waals surface area contributed by atoms with Crippen molar-refractivity contribution in [2.24, 2.45) is 0 Å². The summed E-state index contributed by atoms with van der Waals surface area (Å²) < 4.78 is 8.74. The smallest absolute Gasteiger partial charge is 0.314 e. The summed E-state index contributed by atoms with van der Waals surface area (Å²) in [5, 5.41) is 0. The molecule has 0 aromatic carbocycles. The average Bonchev–Trinajstić information content (AvgIpc) is 2.50. The van der Waals surface area contributed by atoms with Crippen molar-refractivity contribution < 1.29 is 14.4 Å². The van der Waals surface area contributed by atoms with Gasteiger partial charge in [0.15, 0.2) is 0 Å². The summed E-state index contributed by atoms with van der Waals surface area (Å²) in [6.45, 7) is 6.69. The third kappa shape index (κ3) is 33.5. The summed E-state index contributed by atoms with van der Waals surface area (Å²) in [6, 6.07) is 0.